The van der Waals surface area contributed by atoms with Crippen molar-refractivity contribution >= 4 is 21.8 Å². The minimum Gasteiger partial charge on any atom is -0.352 e. The molecule has 0 radical (unpaired) electrons. The molecule has 0 spiro atoms. The molecular weight excluding hydrogens is 266 g/mol. The van der Waals surface area contributed by atoms with Crippen LogP contribution in [0.25, 0.3) is 0 Å². The lowest BCUT2D eigenvalue weighted by atomic mass is 9.83. The smallest absolute Gasteiger partial charge is 0.233 e. The van der Waals surface area contributed by atoms with E-state index in [2.05, 4.69) is 28.2 Å². The summed E-state index contributed by atoms with van der Waals surface area (Å²) in [4.78, 5) is 11.7. The Morgan fingerprint density at radius 2 is 1.94 bits per heavy atom. The molecule has 1 N–H and O–H groups in total. The van der Waals surface area contributed by atoms with Crippen LogP contribution < -0.4 is 5.32 Å². The van der Waals surface area contributed by atoms with Gasteiger partial charge in [-0.2, -0.15) is 0 Å². The molecule has 0 aromatic carbocycles. The molecule has 1 atom stereocenters. The molecule has 3 heteroatoms. The first-order chi connectivity index (χ1) is 7.67. The second-order valence-corrected chi connectivity index (χ2v) is 6.00. The van der Waals surface area contributed by atoms with Crippen molar-refractivity contribution < 1.29 is 4.79 Å². The molecule has 2 nitrogen and oxygen atoms in total. The molecule has 1 aliphatic rings. The normalized spacial score (nSPS) is 27.4. The average molecular weight is 290 g/mol. The first kappa shape index (κ1) is 14.0. The quantitative estimate of drug-likeness (QED) is 0.770. The number of halogens is 1. The van der Waals surface area contributed by atoms with Gasteiger partial charge >= 0.3 is 0 Å². The topological polar surface area (TPSA) is 29.1 Å². The zero-order valence-electron chi connectivity index (χ0n) is 10.5. The summed E-state index contributed by atoms with van der Waals surface area (Å²) in [6.07, 6.45) is 8.42. The predicted octanol–water partition coefficient (Wildman–Crippen LogP) is 3.64. The molecule has 94 valence electrons. The van der Waals surface area contributed by atoms with Crippen molar-refractivity contribution in [2.75, 3.05) is 0 Å². The molecular formula is C13H24BrNO. The number of rotatable bonds is 5. The van der Waals surface area contributed by atoms with Gasteiger partial charge in [0.1, 0.15) is 0 Å². The van der Waals surface area contributed by atoms with Crippen molar-refractivity contribution in [1.29, 1.82) is 0 Å². The number of nitrogens with one attached hydrogen (secondary N) is 1. The third kappa shape index (κ3) is 4.44. The van der Waals surface area contributed by atoms with Gasteiger partial charge in [0.25, 0.3) is 0 Å². The first-order valence-corrected chi connectivity index (χ1v) is 7.53. The van der Waals surface area contributed by atoms with Crippen LogP contribution >= 0.6 is 15.9 Å². The fraction of sp³-hybridized carbons (Fsp3) is 0.923. The van der Waals surface area contributed by atoms with E-state index in [1.165, 1.54) is 38.5 Å². The number of hydrogen-bond acceptors (Lipinski definition) is 1. The first-order valence-electron chi connectivity index (χ1n) is 6.61. The van der Waals surface area contributed by atoms with E-state index in [0.717, 1.165) is 12.3 Å². The molecule has 1 amide bonds. The lowest BCUT2D eigenvalue weighted by Crippen LogP contribution is -2.41. The summed E-state index contributed by atoms with van der Waals surface area (Å²) in [6, 6.07) is 0.423. The van der Waals surface area contributed by atoms with Gasteiger partial charge < -0.3 is 5.32 Å². The number of carbonyl (C=O) groups excluding carboxylic acids is 1. The molecule has 1 aliphatic carbocycles. The molecule has 1 saturated carbocycles. The Morgan fingerprint density at radius 3 is 2.44 bits per heavy atom. The van der Waals surface area contributed by atoms with Gasteiger partial charge in [-0.05, 0) is 38.0 Å². The lowest BCUT2D eigenvalue weighted by Gasteiger charge is -2.29. The van der Waals surface area contributed by atoms with Gasteiger partial charge in [-0.15, -0.1) is 0 Å². The highest BCUT2D eigenvalue weighted by molar-refractivity contribution is 9.10. The fourth-order valence-corrected chi connectivity index (χ4v) is 2.61. The summed E-state index contributed by atoms with van der Waals surface area (Å²) < 4.78 is 0. The van der Waals surface area contributed by atoms with Crippen LogP contribution in [0.1, 0.15) is 58.8 Å². The summed E-state index contributed by atoms with van der Waals surface area (Å²) >= 11 is 3.39. The maximum Gasteiger partial charge on any atom is 0.233 e. The minimum atomic E-state index is -0.0131. The van der Waals surface area contributed by atoms with Crippen molar-refractivity contribution in [3.63, 3.8) is 0 Å². The second kappa shape index (κ2) is 7.31. The monoisotopic (exact) mass is 289 g/mol. The van der Waals surface area contributed by atoms with Crippen LogP contribution in [-0.2, 0) is 4.79 Å². The van der Waals surface area contributed by atoms with Gasteiger partial charge in [-0.25, -0.2) is 0 Å². The Balaban J connectivity index is 2.24. The van der Waals surface area contributed by atoms with E-state index in [0.29, 0.717) is 6.04 Å². The SMILES string of the molecule is CCCC1CCC(NC(=O)C(Br)CC)CC1. The van der Waals surface area contributed by atoms with Gasteiger partial charge in [0.2, 0.25) is 5.91 Å². The Labute approximate surface area is 108 Å². The second-order valence-electron chi connectivity index (χ2n) is 4.89. The Kier molecular flexibility index (Phi) is 6.40. The Bertz CT molecular complexity index is 212. The molecule has 0 heterocycles. The molecule has 0 aromatic heterocycles. The van der Waals surface area contributed by atoms with Crippen molar-refractivity contribution in [3.8, 4) is 0 Å². The van der Waals surface area contributed by atoms with E-state index in [1.54, 1.807) is 0 Å². The van der Waals surface area contributed by atoms with Gasteiger partial charge in [0, 0.05) is 6.04 Å². The molecule has 0 bridgehead atoms. The number of alkyl halides is 1. The van der Waals surface area contributed by atoms with Crippen LogP contribution in [0.4, 0.5) is 0 Å². The molecule has 16 heavy (non-hydrogen) atoms. The van der Waals surface area contributed by atoms with E-state index in [9.17, 15) is 4.79 Å². The van der Waals surface area contributed by atoms with Crippen LogP contribution in [0.2, 0.25) is 0 Å². The largest absolute Gasteiger partial charge is 0.352 e. The Hall–Kier alpha value is -0.0500. The third-order valence-electron chi connectivity index (χ3n) is 3.53. The zero-order valence-corrected chi connectivity index (χ0v) is 12.1. The summed E-state index contributed by atoms with van der Waals surface area (Å²) in [7, 11) is 0. The van der Waals surface area contributed by atoms with Crippen LogP contribution in [0.5, 0.6) is 0 Å². The highest BCUT2D eigenvalue weighted by Gasteiger charge is 2.23. The molecule has 0 aromatic rings. The van der Waals surface area contributed by atoms with Crippen LogP contribution in [0.3, 0.4) is 0 Å². The number of hydrogen-bond donors (Lipinski definition) is 1. The van der Waals surface area contributed by atoms with Gasteiger partial charge in [0.05, 0.1) is 4.83 Å². The van der Waals surface area contributed by atoms with Gasteiger partial charge in [-0.3, -0.25) is 4.79 Å². The van der Waals surface area contributed by atoms with Crippen LogP contribution in [-0.4, -0.2) is 16.8 Å². The van der Waals surface area contributed by atoms with Crippen molar-refractivity contribution in [2.45, 2.75) is 69.7 Å². The van der Waals surface area contributed by atoms with E-state index >= 15 is 0 Å². The fourth-order valence-electron chi connectivity index (χ4n) is 2.48. The van der Waals surface area contributed by atoms with Gasteiger partial charge in [0.15, 0.2) is 0 Å². The summed E-state index contributed by atoms with van der Waals surface area (Å²) in [6.45, 7) is 4.28. The maximum atomic E-state index is 11.7. The molecule has 1 rings (SSSR count). The van der Waals surface area contributed by atoms with Crippen LogP contribution in [0, 0.1) is 5.92 Å². The summed E-state index contributed by atoms with van der Waals surface area (Å²) in [5.41, 5.74) is 0. The maximum absolute atomic E-state index is 11.7. The highest BCUT2D eigenvalue weighted by Crippen LogP contribution is 2.27. The molecule has 1 unspecified atom stereocenters. The van der Waals surface area contributed by atoms with Crippen molar-refractivity contribution in [1.82, 2.24) is 5.32 Å². The van der Waals surface area contributed by atoms with E-state index in [4.69, 9.17) is 0 Å². The van der Waals surface area contributed by atoms with Crippen molar-refractivity contribution in [2.24, 2.45) is 5.92 Å². The zero-order chi connectivity index (χ0) is 12.0. The molecule has 0 aliphatic heterocycles. The standard InChI is InChI=1S/C13H24BrNO/c1-3-5-10-6-8-11(9-7-10)15-13(16)12(14)4-2/h10-12H,3-9H2,1-2H3,(H,15,16). The van der Waals surface area contributed by atoms with E-state index < -0.39 is 0 Å². The molecule has 0 saturated heterocycles. The van der Waals surface area contributed by atoms with Crippen LogP contribution in [0.15, 0.2) is 0 Å². The van der Waals surface area contributed by atoms with E-state index in [-0.39, 0.29) is 10.7 Å². The predicted molar refractivity (Wildman–Crippen MR) is 71.8 cm³/mol. The lowest BCUT2D eigenvalue weighted by molar-refractivity contribution is -0.121. The molecule has 1 fully saturated rings. The summed E-state index contributed by atoms with van der Waals surface area (Å²) in [5.74, 6) is 1.07. The number of carbonyl (C=O) groups is 1. The summed E-state index contributed by atoms with van der Waals surface area (Å²) in [5, 5.41) is 3.15. The van der Waals surface area contributed by atoms with Gasteiger partial charge in [-0.1, -0.05) is 42.6 Å². The number of amides is 1. The third-order valence-corrected chi connectivity index (χ3v) is 4.60. The Morgan fingerprint density at radius 1 is 1.31 bits per heavy atom. The van der Waals surface area contributed by atoms with Crippen molar-refractivity contribution in [3.05, 3.63) is 0 Å². The highest BCUT2D eigenvalue weighted by atomic mass is 79.9. The minimum absolute atomic E-state index is 0.0131. The average Bonchev–Trinajstić information content (AvgIpc) is 2.31. The van der Waals surface area contributed by atoms with E-state index in [1.807, 2.05) is 6.92 Å².